The van der Waals surface area contributed by atoms with Crippen LogP contribution in [0.2, 0.25) is 0 Å². The fraction of sp³-hybridized carbons (Fsp3) is 0.258. The number of hydrogen-bond acceptors (Lipinski definition) is 14. The van der Waals surface area contributed by atoms with Crippen molar-refractivity contribution in [3.8, 4) is 0 Å². The fourth-order valence-electron chi connectivity index (χ4n) is 17.6. The predicted molar refractivity (Wildman–Crippen MR) is 459 cm³/mol. The fourth-order valence-corrected chi connectivity index (χ4v) is 17.6. The Balaban J connectivity index is 0.000000146. The summed E-state index contributed by atoms with van der Waals surface area (Å²) in [5.74, 6) is -2.81. The summed E-state index contributed by atoms with van der Waals surface area (Å²) in [6.07, 6.45) is 2.47. The zero-order chi connectivity index (χ0) is 82.0. The summed E-state index contributed by atoms with van der Waals surface area (Å²) >= 11 is 0. The number of aryl methyl sites for hydroxylation is 6. The van der Waals surface area contributed by atoms with Gasteiger partial charge in [-0.2, -0.15) is 0 Å². The molecule has 0 spiro atoms. The number of esters is 1. The molecule has 22 nitrogen and oxygen atoms in total. The van der Waals surface area contributed by atoms with E-state index in [0.29, 0.717) is 69.0 Å². The van der Waals surface area contributed by atoms with Crippen molar-refractivity contribution in [1.29, 1.82) is 0 Å². The van der Waals surface area contributed by atoms with Gasteiger partial charge in [-0.15, -0.1) is 15.3 Å². The topological polar surface area (TPSA) is 284 Å². The van der Waals surface area contributed by atoms with Crippen molar-refractivity contribution >= 4 is 101 Å². The number of methoxy groups -OCH3 is 1. The average molecular weight is 1590 g/mol. The van der Waals surface area contributed by atoms with E-state index < -0.39 is 11.9 Å². The summed E-state index contributed by atoms with van der Waals surface area (Å²) in [5, 5.41) is 52.1. The van der Waals surface area contributed by atoms with Gasteiger partial charge in [0.15, 0.2) is 0 Å². The van der Waals surface area contributed by atoms with E-state index in [0.717, 1.165) is 158 Å². The number of hydrogen-bond donors (Lipinski definition) is 2. The van der Waals surface area contributed by atoms with Crippen molar-refractivity contribution < 1.29 is 68.1 Å². The summed E-state index contributed by atoms with van der Waals surface area (Å²) in [5.41, 5.74) is 23.0. The third kappa shape index (κ3) is 16.9. The third-order valence-corrected chi connectivity index (χ3v) is 24.1. The van der Waals surface area contributed by atoms with Crippen LogP contribution in [0, 0.1) is 20.8 Å². The molecule has 15 aromatic rings. The van der Waals surface area contributed by atoms with Crippen LogP contribution >= 0.6 is 0 Å². The van der Waals surface area contributed by atoms with Crippen molar-refractivity contribution in [1.82, 2.24) is 59.7 Å². The first kappa shape index (κ1) is 83.5. The van der Waals surface area contributed by atoms with Crippen molar-refractivity contribution in [2.75, 3.05) is 26.7 Å². The summed E-state index contributed by atoms with van der Waals surface area (Å²) < 4.78 is 10.7. The number of aromatic nitrogens is 9. The van der Waals surface area contributed by atoms with Gasteiger partial charge in [-0.3, -0.25) is 28.8 Å². The van der Waals surface area contributed by atoms with E-state index in [9.17, 15) is 39.0 Å². The SMILES string of the molecule is CCn1nnc2c(C)c(C(CC(=O)OC)c3ccc4c(c3)CN(C(=O)c3ccc5ccccc5c3)CC4)ccc21.CCn1nnc2c(C)c([C@@H](CC(=O)O)c3ccc4c(c3)CN(C(=O)c3ccc5ccccc5c3)CC4)ccc21.CCn1nnc2c(C)c([C@H](CC(=O)O)c3ccc4c(c3)CN(C(=O)c3ccc5ccccc5c3)CC4)ccc21.[Li+].[OH-]. The number of carboxylic acids is 2. The van der Waals surface area contributed by atoms with E-state index in [-0.39, 0.29) is 85.0 Å². The molecular weight excluding hydrogens is 1500 g/mol. The van der Waals surface area contributed by atoms with E-state index in [2.05, 4.69) is 85.5 Å². The van der Waals surface area contributed by atoms with E-state index in [1.807, 2.05) is 234 Å². The van der Waals surface area contributed by atoms with Gasteiger partial charge >= 0.3 is 36.8 Å². The molecule has 6 heterocycles. The standard InChI is InChI=1S/C33H32N4O3.2C32H30N4O3.Li.H2O/c1-4-37-30-14-13-28(21(2)32(30)34-35-37)29(19-31(38)40-3)25-11-9-23-15-16-36(20-27(23)18-25)33(39)26-12-10-22-7-5-6-8-24(22)17-26;2*1-3-36-29-13-12-27(20(2)31(29)33-34-36)28(18-30(37)38)24-10-8-22-14-15-35(19-26(22)17-24)32(39)25-11-9-21-6-4-5-7-23(21)16-25;;/h5-14,17-18,29H,4,15-16,19-20H2,1-3H3;2*4-13,16-17,28H,3,14-15,18-19H2,1-2H3,(H,37,38);;1H2/q;;;+1;/p-1/t;2*28-;;/m.10../s1. The Morgan fingerprint density at radius 1 is 0.367 bits per heavy atom. The van der Waals surface area contributed by atoms with Crippen LogP contribution in [0.15, 0.2) is 218 Å². The van der Waals surface area contributed by atoms with Gasteiger partial charge in [0.25, 0.3) is 17.7 Å². The molecule has 3 aliphatic heterocycles. The van der Waals surface area contributed by atoms with Gasteiger partial charge in [-0.25, -0.2) is 14.0 Å². The molecule has 0 saturated carbocycles. The van der Waals surface area contributed by atoms with Crippen LogP contribution in [-0.2, 0) is 77.7 Å². The maximum absolute atomic E-state index is 13.5. The van der Waals surface area contributed by atoms with E-state index in [1.165, 1.54) is 23.8 Å². The molecule has 602 valence electrons. The molecule has 1 unspecified atom stereocenters. The normalized spacial score (nSPS) is 13.7. The van der Waals surface area contributed by atoms with Crippen molar-refractivity contribution in [3.63, 3.8) is 0 Å². The minimum atomic E-state index is -0.859. The number of fused-ring (bicyclic) bond motifs is 9. The Hall–Kier alpha value is -13.0. The monoisotopic (exact) mass is 1590 g/mol. The second-order valence-corrected chi connectivity index (χ2v) is 31.0. The zero-order valence-electron chi connectivity index (χ0n) is 68.7. The molecule has 3 amide bonds. The van der Waals surface area contributed by atoms with Crippen LogP contribution in [0.5, 0.6) is 0 Å². The first-order chi connectivity index (χ1) is 57.3. The number of aliphatic carboxylic acids is 2. The molecule has 23 heteroatoms. The molecular formula is C97H93LiN12O10. The summed E-state index contributed by atoms with van der Waals surface area (Å²) in [6, 6.07) is 72.7. The van der Waals surface area contributed by atoms with Gasteiger partial charge in [0.2, 0.25) is 0 Å². The number of carboxylic acid groups (broad SMARTS) is 2. The van der Waals surface area contributed by atoms with E-state index in [4.69, 9.17) is 4.74 Å². The van der Waals surface area contributed by atoms with Crippen LogP contribution < -0.4 is 18.9 Å². The summed E-state index contributed by atoms with van der Waals surface area (Å²) in [4.78, 5) is 82.7. The molecule has 0 fully saturated rings. The Bertz CT molecular complexity index is 6210. The maximum Gasteiger partial charge on any atom is 1.00 e. The van der Waals surface area contributed by atoms with Gasteiger partial charge < -0.3 is 35.1 Å². The molecule has 12 aromatic carbocycles. The molecule has 3 aliphatic rings. The number of rotatable bonds is 18. The van der Waals surface area contributed by atoms with Crippen LogP contribution in [0.25, 0.3) is 65.4 Å². The number of carbonyl (C=O) groups is 6. The number of amides is 3. The molecule has 18 rings (SSSR count). The predicted octanol–water partition coefficient (Wildman–Crippen LogP) is 14.1. The second kappa shape index (κ2) is 36.1. The number of benzene rings is 12. The second-order valence-electron chi connectivity index (χ2n) is 31.0. The molecule has 3 N–H and O–H groups in total. The molecule has 0 saturated heterocycles. The Morgan fingerprint density at radius 2 is 0.658 bits per heavy atom. The molecule has 3 atom stereocenters. The molecule has 0 bridgehead atoms. The van der Waals surface area contributed by atoms with Crippen LogP contribution in [-0.4, -0.2) is 138 Å². The van der Waals surface area contributed by atoms with Crippen LogP contribution in [0.3, 0.4) is 0 Å². The van der Waals surface area contributed by atoms with Gasteiger partial charge in [-0.1, -0.05) is 179 Å². The first-order valence-electron chi connectivity index (χ1n) is 40.5. The number of ether oxygens (including phenoxy) is 1. The Kier molecular flexibility index (Phi) is 25.1. The minimum Gasteiger partial charge on any atom is -0.870 e. The van der Waals surface area contributed by atoms with Crippen LogP contribution in [0.4, 0.5) is 0 Å². The van der Waals surface area contributed by atoms with Crippen LogP contribution in [0.1, 0.15) is 172 Å². The van der Waals surface area contributed by atoms with Crippen molar-refractivity contribution in [2.45, 2.75) is 137 Å². The quantitative estimate of drug-likeness (QED) is 0.0596. The smallest absolute Gasteiger partial charge is 0.870 e. The maximum atomic E-state index is 13.5. The van der Waals surface area contributed by atoms with Gasteiger partial charge in [0.05, 0.1) is 42.9 Å². The molecule has 0 aliphatic carbocycles. The number of nitrogens with zero attached hydrogens (tertiary/aromatic N) is 12. The summed E-state index contributed by atoms with van der Waals surface area (Å²) in [6.45, 7) is 17.8. The first-order valence-corrected chi connectivity index (χ1v) is 40.5. The molecule has 120 heavy (non-hydrogen) atoms. The Labute approximate surface area is 706 Å². The molecule has 0 radical (unpaired) electrons. The van der Waals surface area contributed by atoms with Crippen molar-refractivity contribution in [2.24, 2.45) is 0 Å². The average Bonchev–Trinajstić information content (AvgIpc) is 1.49. The van der Waals surface area contributed by atoms with Gasteiger partial charge in [0.1, 0.15) is 16.6 Å². The largest absolute Gasteiger partial charge is 1.00 e. The zero-order valence-corrected chi connectivity index (χ0v) is 68.7. The van der Waals surface area contributed by atoms with E-state index >= 15 is 0 Å². The summed E-state index contributed by atoms with van der Waals surface area (Å²) in [7, 11) is 1.42. The Morgan fingerprint density at radius 3 is 0.942 bits per heavy atom. The third-order valence-electron chi connectivity index (χ3n) is 24.1. The van der Waals surface area contributed by atoms with Crippen molar-refractivity contribution in [3.05, 3.63) is 319 Å². The molecule has 3 aromatic heterocycles. The minimum absolute atomic E-state index is 0. The number of carbonyl (C=O) groups excluding carboxylic acids is 4. The van der Waals surface area contributed by atoms with E-state index in [1.54, 1.807) is 0 Å². The van der Waals surface area contributed by atoms with Gasteiger partial charge in [-0.05, 0) is 231 Å². The van der Waals surface area contributed by atoms with Gasteiger partial charge in [0, 0.05) is 93.3 Å².